The molecule has 1 rings (SSSR count). The number of carbonyl (C=O) groups is 1. The van der Waals surface area contributed by atoms with Gasteiger partial charge in [-0.25, -0.2) is 0 Å². The molecule has 0 unspecified atom stereocenters. The van der Waals surface area contributed by atoms with E-state index in [0.29, 0.717) is 24.0 Å². The molecule has 0 radical (unpaired) electrons. The number of rotatable bonds is 5. The van der Waals surface area contributed by atoms with Gasteiger partial charge in [0.15, 0.2) is 5.78 Å². The highest BCUT2D eigenvalue weighted by Crippen LogP contribution is 2.31. The molecule has 0 heterocycles. The first-order valence-corrected chi connectivity index (χ1v) is 5.98. The van der Waals surface area contributed by atoms with Gasteiger partial charge in [0.2, 0.25) is 0 Å². The molecular weight excluding hydrogens is 184 g/mol. The fourth-order valence-electron chi connectivity index (χ4n) is 2.02. The zero-order valence-corrected chi connectivity index (χ0v) is 10.1. The van der Waals surface area contributed by atoms with Crippen LogP contribution in [0, 0.1) is 11.8 Å². The molecule has 0 aliphatic heterocycles. The van der Waals surface area contributed by atoms with Gasteiger partial charge in [0.25, 0.3) is 0 Å². The summed E-state index contributed by atoms with van der Waals surface area (Å²) in [5.41, 5.74) is 1.08. The Morgan fingerprint density at radius 3 is 2.87 bits per heavy atom. The molecule has 0 aromatic rings. The smallest absolute Gasteiger partial charge is 0.158 e. The van der Waals surface area contributed by atoms with E-state index in [9.17, 15) is 4.79 Å². The number of Topliss-reactive ketones (excluding diaryl/α,β-unsaturated/α-hetero) is 1. The highest BCUT2D eigenvalue weighted by molar-refractivity contribution is 5.95. The van der Waals surface area contributed by atoms with E-state index in [2.05, 4.69) is 26.0 Å². The largest absolute Gasteiger partial charge is 0.295 e. The van der Waals surface area contributed by atoms with Crippen molar-refractivity contribution in [2.45, 2.75) is 46.5 Å². The van der Waals surface area contributed by atoms with E-state index in [4.69, 9.17) is 0 Å². The van der Waals surface area contributed by atoms with Crippen LogP contribution < -0.4 is 0 Å². The van der Waals surface area contributed by atoms with Crippen molar-refractivity contribution < 1.29 is 4.79 Å². The van der Waals surface area contributed by atoms with Crippen LogP contribution >= 0.6 is 0 Å². The molecular formula is C14H22O. The molecule has 1 aliphatic rings. The Morgan fingerprint density at radius 2 is 2.33 bits per heavy atom. The van der Waals surface area contributed by atoms with Gasteiger partial charge in [-0.15, -0.1) is 0 Å². The van der Waals surface area contributed by atoms with E-state index in [1.165, 1.54) is 0 Å². The van der Waals surface area contributed by atoms with Crippen molar-refractivity contribution in [1.29, 1.82) is 0 Å². The molecule has 0 saturated carbocycles. The average Bonchev–Trinajstić information content (AvgIpc) is 2.66. The number of hydrogen-bond donors (Lipinski definition) is 0. The van der Waals surface area contributed by atoms with E-state index in [1.807, 2.05) is 13.0 Å². The van der Waals surface area contributed by atoms with Crippen molar-refractivity contribution in [1.82, 2.24) is 0 Å². The molecule has 0 N–H and O–H groups in total. The summed E-state index contributed by atoms with van der Waals surface area (Å²) < 4.78 is 0. The summed E-state index contributed by atoms with van der Waals surface area (Å²) in [6.07, 6.45) is 9.90. The lowest BCUT2D eigenvalue weighted by Crippen LogP contribution is -2.07. The van der Waals surface area contributed by atoms with Crippen LogP contribution in [0.3, 0.4) is 0 Å². The van der Waals surface area contributed by atoms with Crippen LogP contribution in [0.25, 0.3) is 0 Å². The Hall–Kier alpha value is -0.850. The van der Waals surface area contributed by atoms with Gasteiger partial charge in [-0.2, -0.15) is 0 Å². The molecule has 0 aromatic carbocycles. The Bertz CT molecular complexity index is 271. The van der Waals surface area contributed by atoms with Crippen LogP contribution in [0.2, 0.25) is 0 Å². The number of allylic oxidation sites excluding steroid dienone is 4. The summed E-state index contributed by atoms with van der Waals surface area (Å²) in [5, 5.41) is 0. The molecule has 0 bridgehead atoms. The van der Waals surface area contributed by atoms with Crippen molar-refractivity contribution in [2.75, 3.05) is 0 Å². The third-order valence-corrected chi connectivity index (χ3v) is 3.22. The first kappa shape index (κ1) is 12.2. The van der Waals surface area contributed by atoms with Gasteiger partial charge < -0.3 is 0 Å². The summed E-state index contributed by atoms with van der Waals surface area (Å²) in [6, 6.07) is 0. The van der Waals surface area contributed by atoms with E-state index >= 15 is 0 Å². The molecule has 1 atom stereocenters. The highest BCUT2D eigenvalue weighted by atomic mass is 16.1. The Labute approximate surface area is 93.3 Å². The van der Waals surface area contributed by atoms with E-state index in [-0.39, 0.29) is 0 Å². The van der Waals surface area contributed by atoms with Crippen molar-refractivity contribution in [3.05, 3.63) is 23.8 Å². The maximum absolute atomic E-state index is 11.8. The second kappa shape index (κ2) is 5.89. The van der Waals surface area contributed by atoms with Gasteiger partial charge in [-0.1, -0.05) is 32.1 Å². The molecule has 1 nitrogen and oxygen atoms in total. The fourth-order valence-corrected chi connectivity index (χ4v) is 2.02. The second-order valence-corrected chi connectivity index (χ2v) is 4.70. The number of carbonyl (C=O) groups excluding carboxylic acids is 1. The van der Waals surface area contributed by atoms with Crippen LogP contribution in [0.5, 0.6) is 0 Å². The summed E-state index contributed by atoms with van der Waals surface area (Å²) >= 11 is 0. The van der Waals surface area contributed by atoms with Gasteiger partial charge in [0.1, 0.15) is 0 Å². The summed E-state index contributed by atoms with van der Waals surface area (Å²) in [7, 11) is 0. The van der Waals surface area contributed by atoms with Crippen LogP contribution in [0.4, 0.5) is 0 Å². The minimum atomic E-state index is 0.358. The first-order valence-electron chi connectivity index (χ1n) is 5.98. The van der Waals surface area contributed by atoms with Gasteiger partial charge in [-0.05, 0) is 43.6 Å². The topological polar surface area (TPSA) is 17.1 Å². The number of ketones is 1. The predicted molar refractivity (Wildman–Crippen MR) is 64.7 cm³/mol. The van der Waals surface area contributed by atoms with Crippen molar-refractivity contribution in [2.24, 2.45) is 11.8 Å². The molecule has 1 aliphatic carbocycles. The third kappa shape index (κ3) is 3.65. The Balaban J connectivity index is 2.36. The summed E-state index contributed by atoms with van der Waals surface area (Å²) in [5.74, 6) is 1.75. The molecule has 0 fully saturated rings. The first-order chi connectivity index (χ1) is 7.15. The lowest BCUT2D eigenvalue weighted by Gasteiger charge is -2.13. The average molecular weight is 206 g/mol. The molecule has 1 heteroatoms. The normalized spacial score (nSPS) is 21.3. The van der Waals surface area contributed by atoms with Gasteiger partial charge in [0, 0.05) is 6.42 Å². The molecule has 0 aromatic heterocycles. The van der Waals surface area contributed by atoms with E-state index in [1.54, 1.807) is 0 Å². The lowest BCUT2D eigenvalue weighted by molar-refractivity contribution is -0.115. The van der Waals surface area contributed by atoms with E-state index in [0.717, 1.165) is 24.8 Å². The highest BCUT2D eigenvalue weighted by Gasteiger charge is 2.23. The summed E-state index contributed by atoms with van der Waals surface area (Å²) in [4.78, 5) is 11.8. The van der Waals surface area contributed by atoms with Crippen molar-refractivity contribution in [3.8, 4) is 0 Å². The number of hydrogen-bond acceptors (Lipinski definition) is 1. The molecule has 0 saturated heterocycles. The quantitative estimate of drug-likeness (QED) is 0.623. The van der Waals surface area contributed by atoms with Crippen LogP contribution in [0.15, 0.2) is 23.8 Å². The van der Waals surface area contributed by atoms with Crippen molar-refractivity contribution in [3.63, 3.8) is 0 Å². The lowest BCUT2D eigenvalue weighted by atomic mass is 9.91. The molecule has 0 amide bonds. The van der Waals surface area contributed by atoms with Gasteiger partial charge >= 0.3 is 0 Å². The molecule has 0 spiro atoms. The van der Waals surface area contributed by atoms with Crippen LogP contribution in [0.1, 0.15) is 46.5 Å². The monoisotopic (exact) mass is 206 g/mol. The molecule has 15 heavy (non-hydrogen) atoms. The Kier molecular flexibility index (Phi) is 4.80. The summed E-state index contributed by atoms with van der Waals surface area (Å²) in [6.45, 7) is 6.48. The SMILES string of the molecule is CC=CCCC(=O)C1=CC[C@@H](C(C)C)C1. The minimum Gasteiger partial charge on any atom is -0.295 e. The van der Waals surface area contributed by atoms with Crippen LogP contribution in [-0.4, -0.2) is 5.78 Å². The zero-order valence-electron chi connectivity index (χ0n) is 10.1. The van der Waals surface area contributed by atoms with Crippen LogP contribution in [-0.2, 0) is 4.79 Å². The fraction of sp³-hybridized carbons (Fsp3) is 0.643. The predicted octanol–water partition coefficient (Wildman–Crippen LogP) is 3.90. The zero-order chi connectivity index (χ0) is 11.3. The van der Waals surface area contributed by atoms with Crippen molar-refractivity contribution >= 4 is 5.78 Å². The van der Waals surface area contributed by atoms with E-state index < -0.39 is 0 Å². The standard InChI is InChI=1S/C14H22O/c1-4-5-6-7-14(15)13-9-8-12(10-13)11(2)3/h4-5,9,11-12H,6-8,10H2,1-3H3/t12-/m1/s1. The molecule has 84 valence electrons. The maximum atomic E-state index is 11.8. The third-order valence-electron chi connectivity index (χ3n) is 3.22. The second-order valence-electron chi connectivity index (χ2n) is 4.70. The van der Waals surface area contributed by atoms with Gasteiger partial charge in [-0.3, -0.25) is 4.79 Å². The Morgan fingerprint density at radius 1 is 1.60 bits per heavy atom. The van der Waals surface area contributed by atoms with Gasteiger partial charge in [0.05, 0.1) is 0 Å². The maximum Gasteiger partial charge on any atom is 0.158 e. The minimum absolute atomic E-state index is 0.358.